The Kier molecular flexibility index (Phi) is 4.02. The van der Waals surface area contributed by atoms with E-state index in [1.807, 2.05) is 0 Å². The quantitative estimate of drug-likeness (QED) is 0.789. The minimum Gasteiger partial charge on any atom is -0.357 e. The lowest BCUT2D eigenvalue weighted by Gasteiger charge is -2.16. The average Bonchev–Trinajstić information content (AvgIpc) is 3.21. The smallest absolute Gasteiger partial charge is 0.268 e. The highest BCUT2D eigenvalue weighted by Crippen LogP contribution is 2.33. The van der Waals surface area contributed by atoms with Crippen LogP contribution in [0.4, 0.5) is 8.78 Å². The van der Waals surface area contributed by atoms with Gasteiger partial charge < -0.3 is 15.6 Å². The van der Waals surface area contributed by atoms with E-state index in [4.69, 9.17) is 0 Å². The van der Waals surface area contributed by atoms with Gasteiger partial charge in [0.05, 0.1) is 5.52 Å². The van der Waals surface area contributed by atoms with Crippen LogP contribution in [0.15, 0.2) is 18.2 Å². The van der Waals surface area contributed by atoms with Gasteiger partial charge in [-0.25, -0.2) is 8.78 Å². The van der Waals surface area contributed by atoms with Crippen LogP contribution in [0, 0.1) is 17.6 Å². The summed E-state index contributed by atoms with van der Waals surface area (Å²) in [5, 5.41) is 5.45. The normalized spacial score (nSPS) is 15.4. The molecular formula is C16H17F2N3O2. The standard InChI is InChI=1S/C16H17F2N3O2/c1-19-15(22)12(4-8-2-3-8)21-16(23)13-6-9-5-10(17)7-11(18)14(9)20-13/h5-8,12,20H,2-4H2,1H3,(H,19,22)(H,21,23)/t12-/m0/s1. The first-order valence-electron chi connectivity index (χ1n) is 7.48. The van der Waals surface area contributed by atoms with Gasteiger partial charge in [0.25, 0.3) is 5.91 Å². The molecule has 122 valence electrons. The maximum Gasteiger partial charge on any atom is 0.268 e. The van der Waals surface area contributed by atoms with E-state index < -0.39 is 23.6 Å². The van der Waals surface area contributed by atoms with Crippen molar-refractivity contribution in [2.24, 2.45) is 5.92 Å². The molecule has 3 N–H and O–H groups in total. The monoisotopic (exact) mass is 321 g/mol. The van der Waals surface area contributed by atoms with Crippen LogP contribution in [-0.4, -0.2) is 29.9 Å². The Morgan fingerprint density at radius 3 is 2.70 bits per heavy atom. The summed E-state index contributed by atoms with van der Waals surface area (Å²) in [6.07, 6.45) is 2.69. The van der Waals surface area contributed by atoms with Crippen molar-refractivity contribution < 1.29 is 18.4 Å². The van der Waals surface area contributed by atoms with Gasteiger partial charge in [-0.2, -0.15) is 0 Å². The van der Waals surface area contributed by atoms with Crippen molar-refractivity contribution in [3.63, 3.8) is 0 Å². The second kappa shape index (κ2) is 5.98. The SMILES string of the molecule is CNC(=O)[C@H](CC1CC1)NC(=O)c1cc2cc(F)cc(F)c2[nH]1. The number of aromatic amines is 1. The number of hydrogen-bond donors (Lipinski definition) is 3. The van der Waals surface area contributed by atoms with Gasteiger partial charge in [0.2, 0.25) is 5.91 Å². The Morgan fingerprint density at radius 2 is 2.04 bits per heavy atom. The molecule has 1 aromatic carbocycles. The van der Waals surface area contributed by atoms with Crippen LogP contribution in [0.25, 0.3) is 10.9 Å². The molecule has 1 heterocycles. The Bertz CT molecular complexity index is 768. The molecule has 1 aromatic heterocycles. The predicted octanol–water partition coefficient (Wildman–Crippen LogP) is 2.09. The number of aromatic nitrogens is 1. The number of amides is 2. The molecule has 1 saturated carbocycles. The summed E-state index contributed by atoms with van der Waals surface area (Å²) in [5.74, 6) is -1.81. The number of halogens is 2. The third kappa shape index (κ3) is 3.33. The number of carbonyl (C=O) groups excluding carboxylic acids is 2. The number of benzene rings is 1. The molecule has 0 aliphatic heterocycles. The summed E-state index contributed by atoms with van der Waals surface area (Å²) in [6.45, 7) is 0. The molecule has 1 aliphatic carbocycles. The molecule has 0 bridgehead atoms. The van der Waals surface area contributed by atoms with Crippen LogP contribution >= 0.6 is 0 Å². The highest BCUT2D eigenvalue weighted by atomic mass is 19.1. The summed E-state index contributed by atoms with van der Waals surface area (Å²) in [4.78, 5) is 26.8. The molecule has 3 rings (SSSR count). The Morgan fingerprint density at radius 1 is 1.30 bits per heavy atom. The van der Waals surface area contributed by atoms with Crippen LogP contribution in [0.1, 0.15) is 29.8 Å². The number of carbonyl (C=O) groups is 2. The first kappa shape index (κ1) is 15.5. The Labute approximate surface area is 131 Å². The molecule has 1 aliphatic rings. The number of nitrogens with one attached hydrogen (secondary N) is 3. The molecule has 0 spiro atoms. The molecule has 0 unspecified atom stereocenters. The summed E-state index contributed by atoms with van der Waals surface area (Å²) >= 11 is 0. The number of rotatable bonds is 5. The summed E-state index contributed by atoms with van der Waals surface area (Å²) < 4.78 is 26.9. The number of likely N-dealkylation sites (N-methyl/N-ethyl adjacent to an activating group) is 1. The molecule has 7 heteroatoms. The van der Waals surface area contributed by atoms with Gasteiger partial charge in [0.15, 0.2) is 0 Å². The molecule has 2 aromatic rings. The summed E-state index contributed by atoms with van der Waals surface area (Å²) in [6, 6.07) is 2.63. The van der Waals surface area contributed by atoms with Crippen LogP contribution in [0.5, 0.6) is 0 Å². The fraction of sp³-hybridized carbons (Fsp3) is 0.375. The average molecular weight is 321 g/mol. The molecule has 5 nitrogen and oxygen atoms in total. The van der Waals surface area contributed by atoms with E-state index in [0.717, 1.165) is 25.0 Å². The second-order valence-corrected chi connectivity index (χ2v) is 5.85. The fourth-order valence-electron chi connectivity index (χ4n) is 2.62. The molecule has 2 amide bonds. The van der Waals surface area contributed by atoms with Gasteiger partial charge in [-0.15, -0.1) is 0 Å². The van der Waals surface area contributed by atoms with Crippen LogP contribution in [-0.2, 0) is 4.79 Å². The third-order valence-electron chi connectivity index (χ3n) is 4.02. The molecule has 0 radical (unpaired) electrons. The molecule has 0 saturated heterocycles. The predicted molar refractivity (Wildman–Crippen MR) is 80.9 cm³/mol. The zero-order valence-electron chi connectivity index (χ0n) is 12.6. The third-order valence-corrected chi connectivity index (χ3v) is 4.02. The van der Waals surface area contributed by atoms with Crippen molar-refractivity contribution in [1.29, 1.82) is 0 Å². The summed E-state index contributed by atoms with van der Waals surface area (Å²) in [7, 11) is 1.51. The molecule has 1 atom stereocenters. The van der Waals surface area contributed by atoms with E-state index in [1.165, 1.54) is 13.1 Å². The van der Waals surface area contributed by atoms with E-state index in [9.17, 15) is 18.4 Å². The largest absolute Gasteiger partial charge is 0.357 e. The first-order chi connectivity index (χ1) is 11.0. The van der Waals surface area contributed by atoms with Crippen molar-refractivity contribution in [3.05, 3.63) is 35.5 Å². The van der Waals surface area contributed by atoms with Crippen molar-refractivity contribution in [3.8, 4) is 0 Å². The lowest BCUT2D eigenvalue weighted by atomic mass is 10.1. The fourth-order valence-corrected chi connectivity index (χ4v) is 2.62. The van der Waals surface area contributed by atoms with Gasteiger partial charge in [-0.3, -0.25) is 9.59 Å². The zero-order valence-corrected chi connectivity index (χ0v) is 12.6. The Balaban J connectivity index is 1.81. The number of fused-ring (bicyclic) bond motifs is 1. The van der Waals surface area contributed by atoms with E-state index in [1.54, 1.807) is 0 Å². The number of H-pyrrole nitrogens is 1. The second-order valence-electron chi connectivity index (χ2n) is 5.85. The molecule has 1 fully saturated rings. The highest BCUT2D eigenvalue weighted by molar-refractivity contribution is 6.00. The van der Waals surface area contributed by atoms with Gasteiger partial charge in [-0.05, 0) is 24.5 Å². The van der Waals surface area contributed by atoms with Gasteiger partial charge in [0.1, 0.15) is 23.4 Å². The van der Waals surface area contributed by atoms with Crippen LogP contribution in [0.3, 0.4) is 0 Å². The van der Waals surface area contributed by atoms with Crippen molar-refractivity contribution in [2.75, 3.05) is 7.05 Å². The van der Waals surface area contributed by atoms with E-state index >= 15 is 0 Å². The lowest BCUT2D eigenvalue weighted by molar-refractivity contribution is -0.122. The van der Waals surface area contributed by atoms with Crippen molar-refractivity contribution >= 4 is 22.7 Å². The number of hydrogen-bond acceptors (Lipinski definition) is 2. The zero-order chi connectivity index (χ0) is 16.6. The Hall–Kier alpha value is -2.44. The highest BCUT2D eigenvalue weighted by Gasteiger charge is 2.30. The molecule has 23 heavy (non-hydrogen) atoms. The maximum atomic E-state index is 13.7. The minimum absolute atomic E-state index is 0.0650. The van der Waals surface area contributed by atoms with E-state index in [0.29, 0.717) is 12.3 Å². The lowest BCUT2D eigenvalue weighted by Crippen LogP contribution is -2.46. The van der Waals surface area contributed by atoms with Crippen molar-refractivity contribution in [1.82, 2.24) is 15.6 Å². The first-order valence-corrected chi connectivity index (χ1v) is 7.48. The van der Waals surface area contributed by atoms with E-state index in [-0.39, 0.29) is 22.5 Å². The topological polar surface area (TPSA) is 74.0 Å². The summed E-state index contributed by atoms with van der Waals surface area (Å²) in [5.41, 5.74) is 0.157. The van der Waals surface area contributed by atoms with Crippen molar-refractivity contribution in [2.45, 2.75) is 25.3 Å². The van der Waals surface area contributed by atoms with Crippen LogP contribution in [0.2, 0.25) is 0 Å². The van der Waals surface area contributed by atoms with Gasteiger partial charge >= 0.3 is 0 Å². The molecular weight excluding hydrogens is 304 g/mol. The minimum atomic E-state index is -0.764. The van der Waals surface area contributed by atoms with Gasteiger partial charge in [0, 0.05) is 18.5 Å². The van der Waals surface area contributed by atoms with E-state index in [2.05, 4.69) is 15.6 Å². The van der Waals surface area contributed by atoms with Gasteiger partial charge in [-0.1, -0.05) is 12.8 Å². The maximum absolute atomic E-state index is 13.7. The van der Waals surface area contributed by atoms with Crippen LogP contribution < -0.4 is 10.6 Å².